The molecule has 0 saturated heterocycles. The van der Waals surface area contributed by atoms with E-state index in [1.54, 1.807) is 6.92 Å². The first-order valence-electron chi connectivity index (χ1n) is 14.1. The van der Waals surface area contributed by atoms with Crippen LogP contribution in [0.2, 0.25) is 0 Å². The highest BCUT2D eigenvalue weighted by Crippen LogP contribution is 2.35. The van der Waals surface area contributed by atoms with Gasteiger partial charge in [0.25, 0.3) is 0 Å². The van der Waals surface area contributed by atoms with Crippen molar-refractivity contribution in [2.45, 2.75) is 113 Å². The van der Waals surface area contributed by atoms with Crippen LogP contribution in [-0.2, 0) is 30.3 Å². The zero-order valence-corrected chi connectivity index (χ0v) is 26.7. The molecule has 2 unspecified atom stereocenters. The Morgan fingerprint density at radius 2 is 1.62 bits per heavy atom. The Balaban J connectivity index is 0. The molecule has 1 aromatic rings. The topological polar surface area (TPSA) is 90.0 Å². The van der Waals surface area contributed by atoms with Crippen molar-refractivity contribution in [3.8, 4) is 5.75 Å². The second-order valence-electron chi connectivity index (χ2n) is 11.3. The maximum atomic E-state index is 12.0. The van der Waals surface area contributed by atoms with Crippen LogP contribution in [0.3, 0.4) is 0 Å². The van der Waals surface area contributed by atoms with Crippen LogP contribution in [0.1, 0.15) is 106 Å². The van der Waals surface area contributed by atoms with Crippen LogP contribution in [0, 0.1) is 18.8 Å². The molecular weight excluding hydrogens is 494 g/mol. The van der Waals surface area contributed by atoms with Crippen LogP contribution in [0.15, 0.2) is 12.1 Å². The third kappa shape index (κ3) is 18.3. The van der Waals surface area contributed by atoms with Gasteiger partial charge in [0.15, 0.2) is 6.61 Å². The second-order valence-corrected chi connectivity index (χ2v) is 11.3. The second kappa shape index (κ2) is 20.2. The van der Waals surface area contributed by atoms with E-state index in [-0.39, 0.29) is 30.1 Å². The zero-order chi connectivity index (χ0) is 30.8. The van der Waals surface area contributed by atoms with Gasteiger partial charge < -0.3 is 19.2 Å². The molecule has 0 aromatic heterocycles. The molecule has 7 nitrogen and oxygen atoms in total. The molecule has 39 heavy (non-hydrogen) atoms. The van der Waals surface area contributed by atoms with E-state index in [0.29, 0.717) is 25.2 Å². The van der Waals surface area contributed by atoms with Gasteiger partial charge in [-0.2, -0.15) is 0 Å². The normalized spacial score (nSPS) is 12.0. The van der Waals surface area contributed by atoms with Gasteiger partial charge in [-0.3, -0.25) is 9.59 Å². The van der Waals surface area contributed by atoms with Gasteiger partial charge in [0.05, 0.1) is 5.69 Å². The molecule has 0 aliphatic rings. The minimum atomic E-state index is -0.503. The Hall–Kier alpha value is -2.70. The van der Waals surface area contributed by atoms with E-state index in [1.165, 1.54) is 18.1 Å². The maximum Gasteiger partial charge on any atom is 0.344 e. The number of ether oxygens (including phenoxy) is 2. The van der Waals surface area contributed by atoms with Gasteiger partial charge in [0, 0.05) is 32.9 Å². The van der Waals surface area contributed by atoms with Crippen LogP contribution in [0.4, 0.5) is 5.69 Å². The molecule has 0 fully saturated rings. The van der Waals surface area contributed by atoms with Crippen molar-refractivity contribution >= 4 is 29.5 Å². The lowest BCUT2D eigenvalue weighted by Crippen LogP contribution is -2.28. The molecule has 0 heterocycles. The lowest BCUT2D eigenvalue weighted by atomic mass is 9.94. The number of benzene rings is 1. The summed E-state index contributed by atoms with van der Waals surface area (Å²) in [6, 6.07) is 4.16. The number of anilines is 1. The third-order valence-corrected chi connectivity index (χ3v) is 6.04. The summed E-state index contributed by atoms with van der Waals surface area (Å²) in [6.07, 6.45) is 5.64. The smallest absolute Gasteiger partial charge is 0.344 e. The monoisotopic (exact) mass is 549 g/mol. The number of hydrogen-bond acceptors (Lipinski definition) is 7. The van der Waals surface area contributed by atoms with E-state index in [1.807, 2.05) is 59.7 Å². The summed E-state index contributed by atoms with van der Waals surface area (Å²) in [5, 5.41) is 0. The quantitative estimate of drug-likeness (QED) is 0.194. The summed E-state index contributed by atoms with van der Waals surface area (Å²) < 4.78 is 11.3. The number of esters is 1. The highest BCUT2D eigenvalue weighted by molar-refractivity contribution is 5.81. The molecule has 7 heteroatoms. The summed E-state index contributed by atoms with van der Waals surface area (Å²) >= 11 is 0. The molecule has 224 valence electrons. The summed E-state index contributed by atoms with van der Waals surface area (Å²) in [7, 11) is 3.97. The summed E-state index contributed by atoms with van der Waals surface area (Å²) in [5.41, 5.74) is 2.86. The number of rotatable bonds is 13. The molecule has 0 aliphatic heterocycles. The van der Waals surface area contributed by atoms with Crippen molar-refractivity contribution < 1.29 is 28.7 Å². The number of Topliss-reactive ketones (excluding diaryl/α,β-unsaturated/α-hetero) is 2. The number of hydrogen-bond donors (Lipinski definition) is 0. The van der Waals surface area contributed by atoms with E-state index in [2.05, 4.69) is 26.8 Å². The molecule has 1 aromatic carbocycles. The number of carbonyl (C=O) groups is 4. The molecule has 1 rings (SSSR count). The van der Waals surface area contributed by atoms with Crippen LogP contribution < -0.4 is 9.64 Å². The summed E-state index contributed by atoms with van der Waals surface area (Å²) in [6.45, 7) is 18.9. The van der Waals surface area contributed by atoms with Gasteiger partial charge in [-0.05, 0) is 83.9 Å². The molecule has 0 bridgehead atoms. The Morgan fingerprint density at radius 1 is 1.05 bits per heavy atom. The molecule has 0 radical (unpaired) electrons. The zero-order valence-electron chi connectivity index (χ0n) is 26.7. The van der Waals surface area contributed by atoms with Crippen molar-refractivity contribution in [2.24, 2.45) is 11.8 Å². The molecule has 0 aliphatic carbocycles. The van der Waals surface area contributed by atoms with Gasteiger partial charge in [-0.25, -0.2) is 4.79 Å². The number of carbonyl (C=O) groups excluding carboxylic acids is 4. The van der Waals surface area contributed by atoms with Gasteiger partial charge in [-0.15, -0.1) is 0 Å². The first kappa shape index (κ1) is 38.4. The minimum Gasteiger partial charge on any atom is -0.479 e. The fourth-order valence-corrected chi connectivity index (χ4v) is 3.46. The van der Waals surface area contributed by atoms with Crippen molar-refractivity contribution in [3.05, 3.63) is 23.3 Å². The Kier molecular flexibility index (Phi) is 20.0. The van der Waals surface area contributed by atoms with Crippen molar-refractivity contribution in [1.82, 2.24) is 0 Å². The standard InChI is InChI=1S/C20H33NO3.C10H18O2.C2H4O/c1-9-14(2)12-16-15(3)10-11-17(21(7)8)19(16)23-13-18(22)24-20(4,5)6;1-4-5-10(12)7-6-8(2)9(3)11;1-2-3/h10-11,14H,9,12-13H2,1-8H3;8H,4-7H2,1-3H3;2H,1H3. The number of aldehydes is 1. The first-order valence-corrected chi connectivity index (χ1v) is 14.1. The van der Waals surface area contributed by atoms with E-state index < -0.39 is 5.60 Å². The lowest BCUT2D eigenvalue weighted by molar-refractivity contribution is -0.157. The Bertz CT molecular complexity index is 885. The highest BCUT2D eigenvalue weighted by atomic mass is 16.6. The third-order valence-electron chi connectivity index (χ3n) is 6.04. The number of aryl methyl sites for hydroxylation is 1. The maximum absolute atomic E-state index is 12.0. The molecule has 0 saturated carbocycles. The van der Waals surface area contributed by atoms with Crippen molar-refractivity contribution in [1.29, 1.82) is 0 Å². The SMILES string of the molecule is CC=O.CCC(C)Cc1c(C)ccc(N(C)C)c1OCC(=O)OC(C)(C)C.CCCC(=O)CCC(C)C(C)=O. The van der Waals surface area contributed by atoms with E-state index >= 15 is 0 Å². The molecule has 0 N–H and O–H groups in total. The van der Waals surface area contributed by atoms with E-state index in [0.717, 1.165) is 37.0 Å². The lowest BCUT2D eigenvalue weighted by Gasteiger charge is -2.24. The van der Waals surface area contributed by atoms with Crippen molar-refractivity contribution in [3.63, 3.8) is 0 Å². The summed E-state index contributed by atoms with van der Waals surface area (Å²) in [4.78, 5) is 44.7. The molecule has 0 amide bonds. The van der Waals surface area contributed by atoms with Crippen molar-refractivity contribution in [2.75, 3.05) is 25.6 Å². The first-order chi connectivity index (χ1) is 18.0. The predicted molar refractivity (Wildman–Crippen MR) is 161 cm³/mol. The molecule has 2 atom stereocenters. The fourth-order valence-electron chi connectivity index (χ4n) is 3.46. The summed E-state index contributed by atoms with van der Waals surface area (Å²) in [5.74, 6) is 1.52. The molecule has 0 spiro atoms. The van der Waals surface area contributed by atoms with E-state index in [4.69, 9.17) is 14.3 Å². The van der Waals surface area contributed by atoms with Gasteiger partial charge in [-0.1, -0.05) is 40.2 Å². The average Bonchev–Trinajstić information content (AvgIpc) is 2.82. The largest absolute Gasteiger partial charge is 0.479 e. The van der Waals surface area contributed by atoms with Gasteiger partial charge in [0.2, 0.25) is 0 Å². The Labute approximate surface area is 238 Å². The predicted octanol–water partition coefficient (Wildman–Crippen LogP) is 6.94. The Morgan fingerprint density at radius 3 is 2.05 bits per heavy atom. The number of nitrogens with zero attached hydrogens (tertiary/aromatic N) is 1. The number of ketones is 2. The highest BCUT2D eigenvalue weighted by Gasteiger charge is 2.20. The van der Waals surface area contributed by atoms with Crippen LogP contribution in [0.25, 0.3) is 0 Å². The molecular formula is C32H55NO6. The fraction of sp³-hybridized carbons (Fsp3) is 0.688. The van der Waals surface area contributed by atoms with Crippen LogP contribution in [0.5, 0.6) is 5.75 Å². The van der Waals surface area contributed by atoms with Gasteiger partial charge >= 0.3 is 5.97 Å². The average molecular weight is 550 g/mol. The minimum absolute atomic E-state index is 0.0470. The van der Waals surface area contributed by atoms with Crippen LogP contribution in [-0.4, -0.2) is 50.1 Å². The van der Waals surface area contributed by atoms with Gasteiger partial charge in [0.1, 0.15) is 29.2 Å². The van der Waals surface area contributed by atoms with Crippen LogP contribution >= 0.6 is 0 Å². The van der Waals surface area contributed by atoms with E-state index in [9.17, 15) is 14.4 Å².